The van der Waals surface area contributed by atoms with E-state index in [1.165, 1.54) is 6.07 Å². The number of hydrogen-bond donors (Lipinski definition) is 1. The van der Waals surface area contributed by atoms with Gasteiger partial charge in [-0.1, -0.05) is 12.1 Å². The first-order valence-electron chi connectivity index (χ1n) is 5.38. The molecule has 0 saturated carbocycles. The third kappa shape index (κ3) is 1.89. The molecule has 0 saturated heterocycles. The average Bonchev–Trinajstić information content (AvgIpc) is 2.96. The number of rotatable bonds is 3. The number of aromatic carboxylic acids is 1. The number of carbonyl (C=O) groups is 1. The SMILES string of the molecule is O=C(O)c1cccc2oc(Cc3cccs3)nc12. The van der Waals surface area contributed by atoms with Gasteiger partial charge in [0.1, 0.15) is 5.52 Å². The van der Waals surface area contributed by atoms with Crippen LogP contribution in [-0.4, -0.2) is 16.1 Å². The Morgan fingerprint density at radius 3 is 2.94 bits per heavy atom. The summed E-state index contributed by atoms with van der Waals surface area (Å²) < 4.78 is 5.56. The molecule has 0 spiro atoms. The fourth-order valence-electron chi connectivity index (χ4n) is 1.80. The molecule has 0 aliphatic rings. The van der Waals surface area contributed by atoms with Crippen LogP contribution in [0.4, 0.5) is 0 Å². The molecular weight excluding hydrogens is 250 g/mol. The highest BCUT2D eigenvalue weighted by molar-refractivity contribution is 7.09. The van der Waals surface area contributed by atoms with Crippen LogP contribution in [0.1, 0.15) is 21.1 Å². The number of aromatic nitrogens is 1. The lowest BCUT2D eigenvalue weighted by Gasteiger charge is -1.92. The van der Waals surface area contributed by atoms with Crippen LogP contribution in [0.25, 0.3) is 11.1 Å². The normalized spacial score (nSPS) is 10.9. The van der Waals surface area contributed by atoms with Gasteiger partial charge in [-0.25, -0.2) is 9.78 Å². The molecule has 0 radical (unpaired) electrons. The van der Waals surface area contributed by atoms with Crippen LogP contribution < -0.4 is 0 Å². The van der Waals surface area contributed by atoms with Crippen LogP contribution in [-0.2, 0) is 6.42 Å². The monoisotopic (exact) mass is 259 g/mol. The zero-order valence-electron chi connectivity index (χ0n) is 9.29. The van der Waals surface area contributed by atoms with Gasteiger partial charge in [-0.05, 0) is 23.6 Å². The van der Waals surface area contributed by atoms with Crippen molar-refractivity contribution in [3.8, 4) is 0 Å². The van der Waals surface area contributed by atoms with E-state index in [1.54, 1.807) is 23.5 Å². The zero-order valence-corrected chi connectivity index (χ0v) is 10.1. The first kappa shape index (κ1) is 11.0. The predicted octanol–water partition coefficient (Wildman–Crippen LogP) is 3.18. The van der Waals surface area contributed by atoms with Gasteiger partial charge in [0.05, 0.1) is 12.0 Å². The van der Waals surface area contributed by atoms with Crippen molar-refractivity contribution in [2.75, 3.05) is 0 Å². The van der Waals surface area contributed by atoms with Crippen molar-refractivity contribution < 1.29 is 14.3 Å². The molecule has 0 fully saturated rings. The largest absolute Gasteiger partial charge is 0.478 e. The van der Waals surface area contributed by atoms with Crippen molar-refractivity contribution in [3.05, 3.63) is 52.0 Å². The van der Waals surface area contributed by atoms with Gasteiger partial charge in [0.25, 0.3) is 0 Å². The van der Waals surface area contributed by atoms with E-state index >= 15 is 0 Å². The van der Waals surface area contributed by atoms with Gasteiger partial charge < -0.3 is 9.52 Å². The second-order valence-corrected chi connectivity index (χ2v) is 4.85. The zero-order chi connectivity index (χ0) is 12.5. The minimum absolute atomic E-state index is 0.175. The number of nitrogens with zero attached hydrogens (tertiary/aromatic N) is 1. The minimum atomic E-state index is -0.989. The molecule has 0 atom stereocenters. The highest BCUT2D eigenvalue weighted by atomic mass is 32.1. The summed E-state index contributed by atoms with van der Waals surface area (Å²) in [6, 6.07) is 8.88. The van der Waals surface area contributed by atoms with Gasteiger partial charge in [0.15, 0.2) is 5.58 Å². The van der Waals surface area contributed by atoms with E-state index in [9.17, 15) is 4.79 Å². The average molecular weight is 259 g/mol. The Labute approximate surface area is 107 Å². The summed E-state index contributed by atoms with van der Waals surface area (Å²) >= 11 is 1.62. The lowest BCUT2D eigenvalue weighted by Crippen LogP contribution is -1.96. The van der Waals surface area contributed by atoms with E-state index in [4.69, 9.17) is 9.52 Å². The van der Waals surface area contributed by atoms with Crippen molar-refractivity contribution >= 4 is 28.4 Å². The molecule has 2 aromatic heterocycles. The summed E-state index contributed by atoms with van der Waals surface area (Å²) in [5.74, 6) is -0.447. The number of hydrogen-bond acceptors (Lipinski definition) is 4. The lowest BCUT2D eigenvalue weighted by molar-refractivity contribution is 0.0699. The number of carboxylic acid groups (broad SMARTS) is 1. The van der Waals surface area contributed by atoms with E-state index in [-0.39, 0.29) is 5.56 Å². The summed E-state index contributed by atoms with van der Waals surface area (Å²) in [5, 5.41) is 11.1. The smallest absolute Gasteiger partial charge is 0.338 e. The van der Waals surface area contributed by atoms with Gasteiger partial charge in [-0.15, -0.1) is 11.3 Å². The van der Waals surface area contributed by atoms with Crippen LogP contribution >= 0.6 is 11.3 Å². The Morgan fingerprint density at radius 1 is 1.33 bits per heavy atom. The van der Waals surface area contributed by atoms with E-state index in [0.717, 1.165) is 4.88 Å². The van der Waals surface area contributed by atoms with Gasteiger partial charge in [-0.2, -0.15) is 0 Å². The fraction of sp³-hybridized carbons (Fsp3) is 0.0769. The first-order chi connectivity index (χ1) is 8.74. The van der Waals surface area contributed by atoms with Gasteiger partial charge in [-0.3, -0.25) is 0 Å². The van der Waals surface area contributed by atoms with Gasteiger partial charge >= 0.3 is 5.97 Å². The van der Waals surface area contributed by atoms with Crippen molar-refractivity contribution in [1.29, 1.82) is 0 Å². The summed E-state index contributed by atoms with van der Waals surface area (Å²) in [5.41, 5.74) is 1.10. The quantitative estimate of drug-likeness (QED) is 0.784. The van der Waals surface area contributed by atoms with Crippen molar-refractivity contribution in [3.63, 3.8) is 0 Å². The summed E-state index contributed by atoms with van der Waals surface area (Å²) in [6.07, 6.45) is 0.589. The predicted molar refractivity (Wildman–Crippen MR) is 68.1 cm³/mol. The standard InChI is InChI=1S/C13H9NO3S/c15-13(16)9-4-1-5-10-12(9)14-11(17-10)7-8-3-2-6-18-8/h1-6H,7H2,(H,15,16). The van der Waals surface area contributed by atoms with E-state index in [0.29, 0.717) is 23.4 Å². The number of oxazole rings is 1. The molecule has 1 aromatic carbocycles. The van der Waals surface area contributed by atoms with E-state index < -0.39 is 5.97 Å². The molecular formula is C13H9NO3S. The molecule has 1 N–H and O–H groups in total. The molecule has 0 unspecified atom stereocenters. The second-order valence-electron chi connectivity index (χ2n) is 3.82. The summed E-state index contributed by atoms with van der Waals surface area (Å²) in [7, 11) is 0. The molecule has 0 amide bonds. The molecule has 5 heteroatoms. The summed E-state index contributed by atoms with van der Waals surface area (Å²) in [4.78, 5) is 16.5. The highest BCUT2D eigenvalue weighted by Crippen LogP contribution is 2.22. The molecule has 18 heavy (non-hydrogen) atoms. The van der Waals surface area contributed by atoms with Crippen LogP contribution in [0.3, 0.4) is 0 Å². The molecule has 3 aromatic rings. The van der Waals surface area contributed by atoms with E-state index in [1.807, 2.05) is 17.5 Å². The van der Waals surface area contributed by atoms with E-state index in [2.05, 4.69) is 4.98 Å². The highest BCUT2D eigenvalue weighted by Gasteiger charge is 2.14. The second kappa shape index (κ2) is 4.27. The maximum Gasteiger partial charge on any atom is 0.338 e. The first-order valence-corrected chi connectivity index (χ1v) is 6.26. The van der Waals surface area contributed by atoms with Crippen molar-refractivity contribution in [1.82, 2.24) is 4.98 Å². The third-order valence-electron chi connectivity index (χ3n) is 2.60. The van der Waals surface area contributed by atoms with Crippen LogP contribution in [0.5, 0.6) is 0 Å². The van der Waals surface area contributed by atoms with Crippen LogP contribution in [0.15, 0.2) is 40.1 Å². The Balaban J connectivity index is 2.05. The number of carboxylic acids is 1. The summed E-state index contributed by atoms with van der Waals surface area (Å²) in [6.45, 7) is 0. The number of thiophene rings is 1. The lowest BCUT2D eigenvalue weighted by atomic mass is 10.2. The number of benzene rings is 1. The Kier molecular flexibility index (Phi) is 2.60. The molecule has 0 aliphatic heterocycles. The minimum Gasteiger partial charge on any atom is -0.478 e. The third-order valence-corrected chi connectivity index (χ3v) is 3.48. The fourth-order valence-corrected chi connectivity index (χ4v) is 2.50. The van der Waals surface area contributed by atoms with Crippen molar-refractivity contribution in [2.45, 2.75) is 6.42 Å². The van der Waals surface area contributed by atoms with Gasteiger partial charge in [0, 0.05) is 4.88 Å². The Hall–Kier alpha value is -2.14. The van der Waals surface area contributed by atoms with Gasteiger partial charge in [0.2, 0.25) is 5.89 Å². The molecule has 4 nitrogen and oxygen atoms in total. The maximum atomic E-state index is 11.1. The Morgan fingerprint density at radius 2 is 2.22 bits per heavy atom. The van der Waals surface area contributed by atoms with Crippen LogP contribution in [0, 0.1) is 0 Å². The molecule has 2 heterocycles. The maximum absolute atomic E-state index is 11.1. The Bertz CT molecular complexity index is 700. The number of fused-ring (bicyclic) bond motifs is 1. The van der Waals surface area contributed by atoms with Crippen LogP contribution in [0.2, 0.25) is 0 Å². The van der Waals surface area contributed by atoms with Crippen molar-refractivity contribution in [2.24, 2.45) is 0 Å². The molecule has 3 rings (SSSR count). The molecule has 0 aliphatic carbocycles. The molecule has 0 bridgehead atoms. The molecule has 90 valence electrons. The number of para-hydroxylation sites is 1. The topological polar surface area (TPSA) is 63.3 Å².